The van der Waals surface area contributed by atoms with Gasteiger partial charge in [-0.2, -0.15) is 4.98 Å². The summed E-state index contributed by atoms with van der Waals surface area (Å²) in [6.45, 7) is 7.42. The first-order valence-electron chi connectivity index (χ1n) is 12.2. The summed E-state index contributed by atoms with van der Waals surface area (Å²) in [5.74, 6) is 1.23. The maximum Gasteiger partial charge on any atom is 0.293 e. The van der Waals surface area contributed by atoms with E-state index >= 15 is 0 Å². The number of ether oxygens (including phenoxy) is 1. The Labute approximate surface area is 214 Å². The average Bonchev–Trinajstić information content (AvgIpc) is 2.90. The number of nitrogens with zero attached hydrogens (tertiary/aromatic N) is 5. The fourth-order valence-corrected chi connectivity index (χ4v) is 4.82. The lowest BCUT2D eigenvalue weighted by Gasteiger charge is -2.44. The molecule has 190 valence electrons. The molecule has 1 aromatic carbocycles. The van der Waals surface area contributed by atoms with Gasteiger partial charge in [-0.05, 0) is 24.3 Å². The number of ketones is 1. The van der Waals surface area contributed by atoms with Crippen LogP contribution in [-0.2, 0) is 11.8 Å². The monoisotopic (exact) mass is 511 g/mol. The Kier molecular flexibility index (Phi) is 7.08. The third-order valence-electron chi connectivity index (χ3n) is 6.81. The highest BCUT2D eigenvalue weighted by Crippen LogP contribution is 2.28. The van der Waals surface area contributed by atoms with Crippen LogP contribution in [-0.4, -0.2) is 77.1 Å². The van der Waals surface area contributed by atoms with Gasteiger partial charge in [-0.1, -0.05) is 18.5 Å². The minimum absolute atomic E-state index is 0.0667. The van der Waals surface area contributed by atoms with E-state index in [0.29, 0.717) is 29.3 Å². The minimum atomic E-state index is -0.288. The van der Waals surface area contributed by atoms with Gasteiger partial charge in [0.15, 0.2) is 17.4 Å². The number of hydrogen-bond donors (Lipinski definition) is 2. The highest BCUT2D eigenvalue weighted by Gasteiger charge is 2.30. The Morgan fingerprint density at radius 2 is 2.14 bits per heavy atom. The molecule has 0 radical (unpaired) electrons. The van der Waals surface area contributed by atoms with Gasteiger partial charge in [-0.25, -0.2) is 4.98 Å². The van der Waals surface area contributed by atoms with Crippen molar-refractivity contribution in [2.24, 2.45) is 7.05 Å². The second kappa shape index (κ2) is 10.4. The molecule has 11 heteroatoms. The largest absolute Gasteiger partial charge is 0.480 e. The molecule has 2 aliphatic heterocycles. The Balaban J connectivity index is 1.38. The summed E-state index contributed by atoms with van der Waals surface area (Å²) in [7, 11) is 1.68. The summed E-state index contributed by atoms with van der Waals surface area (Å²) in [5.41, 5.74) is 1.21. The molecule has 2 N–H and O–H groups in total. The van der Waals surface area contributed by atoms with Crippen molar-refractivity contribution < 1.29 is 9.53 Å². The standard InChI is InChI=1S/C25H30ClN7O3/c1-3-19(34)15-36-22-11-16-10-17(4-5-21(16)31(2)24(22)35)29-23-20(26)13-28-25(30-23)33-9-8-32-7-6-27-12-18(32)14-33/h4-5,10-11,13,18,27H,3,6-9,12,14-15H2,1-2H3,(H,28,29,30). The van der Waals surface area contributed by atoms with Gasteiger partial charge in [0.2, 0.25) is 5.95 Å². The van der Waals surface area contributed by atoms with E-state index in [-0.39, 0.29) is 23.7 Å². The molecule has 4 heterocycles. The summed E-state index contributed by atoms with van der Waals surface area (Å²) < 4.78 is 7.03. The van der Waals surface area contributed by atoms with Crippen molar-refractivity contribution in [3.63, 3.8) is 0 Å². The van der Waals surface area contributed by atoms with Gasteiger partial charge in [-0.3, -0.25) is 14.5 Å². The van der Waals surface area contributed by atoms with E-state index in [1.54, 1.807) is 26.2 Å². The number of carbonyl (C=O) groups is 1. The number of aromatic nitrogens is 3. The summed E-state index contributed by atoms with van der Waals surface area (Å²) in [6, 6.07) is 7.72. The average molecular weight is 512 g/mol. The number of halogens is 1. The number of anilines is 3. The van der Waals surface area contributed by atoms with E-state index < -0.39 is 0 Å². The molecule has 2 aliphatic rings. The minimum Gasteiger partial charge on any atom is -0.480 e. The molecule has 2 saturated heterocycles. The number of benzene rings is 1. The molecule has 10 nitrogen and oxygen atoms in total. The zero-order valence-corrected chi connectivity index (χ0v) is 21.2. The van der Waals surface area contributed by atoms with Crippen molar-refractivity contribution in [2.45, 2.75) is 19.4 Å². The number of nitrogens with one attached hydrogen (secondary N) is 2. The molecular formula is C25H30ClN7O3. The van der Waals surface area contributed by atoms with E-state index in [4.69, 9.17) is 21.3 Å². The third-order valence-corrected chi connectivity index (χ3v) is 7.09. The van der Waals surface area contributed by atoms with Gasteiger partial charge in [0, 0.05) is 69.9 Å². The van der Waals surface area contributed by atoms with Crippen molar-refractivity contribution in [3.8, 4) is 5.75 Å². The molecule has 1 unspecified atom stereocenters. The number of Topliss-reactive ketones (excluding diaryl/α,β-unsaturated/α-hetero) is 1. The molecule has 0 amide bonds. The van der Waals surface area contributed by atoms with Gasteiger partial charge < -0.3 is 24.8 Å². The molecule has 2 fully saturated rings. The van der Waals surface area contributed by atoms with Crippen LogP contribution in [0, 0.1) is 0 Å². The van der Waals surface area contributed by atoms with Crippen LogP contribution < -0.4 is 25.8 Å². The molecule has 0 aliphatic carbocycles. The summed E-state index contributed by atoms with van der Waals surface area (Å²) in [4.78, 5) is 38.2. The van der Waals surface area contributed by atoms with Crippen molar-refractivity contribution in [1.29, 1.82) is 0 Å². The fourth-order valence-electron chi connectivity index (χ4n) is 4.68. The first-order chi connectivity index (χ1) is 17.4. The molecule has 0 spiro atoms. The second-order valence-electron chi connectivity index (χ2n) is 9.16. The predicted octanol–water partition coefficient (Wildman–Crippen LogP) is 2.18. The smallest absolute Gasteiger partial charge is 0.293 e. The lowest BCUT2D eigenvalue weighted by atomic mass is 10.1. The van der Waals surface area contributed by atoms with Crippen molar-refractivity contribution >= 4 is 45.7 Å². The maximum absolute atomic E-state index is 12.6. The number of aryl methyl sites for hydroxylation is 1. The van der Waals surface area contributed by atoms with Gasteiger partial charge in [0.1, 0.15) is 11.6 Å². The molecular weight excluding hydrogens is 482 g/mol. The topological polar surface area (TPSA) is 105 Å². The zero-order valence-electron chi connectivity index (χ0n) is 20.5. The molecule has 0 saturated carbocycles. The zero-order chi connectivity index (χ0) is 25.2. The number of rotatable bonds is 7. The van der Waals surface area contributed by atoms with Gasteiger partial charge in [0.25, 0.3) is 5.56 Å². The van der Waals surface area contributed by atoms with Crippen LogP contribution >= 0.6 is 11.6 Å². The highest BCUT2D eigenvalue weighted by molar-refractivity contribution is 6.32. The highest BCUT2D eigenvalue weighted by atomic mass is 35.5. The van der Waals surface area contributed by atoms with Gasteiger partial charge in [0.05, 0.1) is 11.7 Å². The van der Waals surface area contributed by atoms with E-state index in [9.17, 15) is 9.59 Å². The van der Waals surface area contributed by atoms with Crippen LogP contribution in [0.25, 0.3) is 10.9 Å². The Morgan fingerprint density at radius 3 is 2.97 bits per heavy atom. The second-order valence-corrected chi connectivity index (χ2v) is 9.57. The van der Waals surface area contributed by atoms with Crippen LogP contribution in [0.2, 0.25) is 5.02 Å². The number of carbonyl (C=O) groups excluding carboxylic acids is 1. The van der Waals surface area contributed by atoms with Crippen LogP contribution in [0.15, 0.2) is 35.3 Å². The quantitative estimate of drug-likeness (QED) is 0.493. The summed E-state index contributed by atoms with van der Waals surface area (Å²) >= 11 is 6.45. The molecule has 0 bridgehead atoms. The third kappa shape index (κ3) is 5.02. The molecule has 2 aromatic heterocycles. The first-order valence-corrected chi connectivity index (χ1v) is 12.6. The van der Waals surface area contributed by atoms with Crippen LogP contribution in [0.3, 0.4) is 0 Å². The number of fused-ring (bicyclic) bond motifs is 2. The van der Waals surface area contributed by atoms with E-state index in [1.807, 2.05) is 18.2 Å². The molecule has 3 aromatic rings. The van der Waals surface area contributed by atoms with Crippen LogP contribution in [0.5, 0.6) is 5.75 Å². The number of pyridine rings is 1. The van der Waals surface area contributed by atoms with Crippen LogP contribution in [0.1, 0.15) is 13.3 Å². The van der Waals surface area contributed by atoms with Gasteiger partial charge in [-0.15, -0.1) is 0 Å². The summed E-state index contributed by atoms with van der Waals surface area (Å²) in [5, 5.41) is 7.96. The van der Waals surface area contributed by atoms with Crippen LogP contribution in [0.4, 0.5) is 17.5 Å². The lowest BCUT2D eigenvalue weighted by molar-refractivity contribution is -0.120. The summed E-state index contributed by atoms with van der Waals surface area (Å²) in [6.07, 6.45) is 1.98. The molecule has 1 atom stereocenters. The molecule has 5 rings (SSSR count). The predicted molar refractivity (Wildman–Crippen MR) is 141 cm³/mol. The Bertz CT molecular complexity index is 1350. The molecule has 36 heavy (non-hydrogen) atoms. The van der Waals surface area contributed by atoms with E-state index in [1.165, 1.54) is 4.57 Å². The Hall–Kier alpha value is -3.21. The van der Waals surface area contributed by atoms with E-state index in [2.05, 4.69) is 25.4 Å². The Morgan fingerprint density at radius 1 is 1.28 bits per heavy atom. The van der Waals surface area contributed by atoms with Gasteiger partial charge >= 0.3 is 0 Å². The fraction of sp³-hybridized carbons (Fsp3) is 0.440. The maximum atomic E-state index is 12.6. The lowest BCUT2D eigenvalue weighted by Crippen LogP contribution is -2.61. The first kappa shape index (κ1) is 24.5. The van der Waals surface area contributed by atoms with Crippen molar-refractivity contribution in [3.05, 3.63) is 45.8 Å². The van der Waals surface area contributed by atoms with E-state index in [0.717, 1.165) is 55.9 Å². The number of piperazine rings is 2. The normalized spacial score (nSPS) is 18.2. The number of hydrogen-bond acceptors (Lipinski definition) is 9. The van der Waals surface area contributed by atoms with Crippen molar-refractivity contribution in [1.82, 2.24) is 24.8 Å². The SMILES string of the molecule is CCC(=O)COc1cc2cc(Nc3nc(N4CCN5CCNCC5C4)ncc3Cl)ccc2n(C)c1=O. The van der Waals surface area contributed by atoms with Crippen molar-refractivity contribution in [2.75, 3.05) is 56.1 Å².